The first-order chi connectivity index (χ1) is 10.5. The lowest BCUT2D eigenvalue weighted by Gasteiger charge is -2.29. The Labute approximate surface area is 134 Å². The molecule has 2 N–H and O–H groups in total. The van der Waals surface area contributed by atoms with Gasteiger partial charge in [0.05, 0.1) is 10.9 Å². The molecular formula is C15H12N2O3S2. The summed E-state index contributed by atoms with van der Waals surface area (Å²) >= 11 is 2.41. The lowest BCUT2D eigenvalue weighted by Crippen LogP contribution is -2.31. The summed E-state index contributed by atoms with van der Waals surface area (Å²) in [7, 11) is 0. The second-order valence-corrected chi connectivity index (χ2v) is 7.68. The number of benzene rings is 1. The van der Waals surface area contributed by atoms with Crippen molar-refractivity contribution in [1.82, 2.24) is 10.3 Å². The Balaban J connectivity index is 1.91. The third-order valence-electron chi connectivity index (χ3n) is 4.10. The minimum atomic E-state index is -0.475. The van der Waals surface area contributed by atoms with Gasteiger partial charge in [-0.05, 0) is 12.5 Å². The van der Waals surface area contributed by atoms with E-state index in [1.807, 2.05) is 31.2 Å². The second kappa shape index (κ2) is 4.82. The van der Waals surface area contributed by atoms with E-state index in [0.29, 0.717) is 5.03 Å². The van der Waals surface area contributed by atoms with Crippen LogP contribution >= 0.6 is 23.1 Å². The highest BCUT2D eigenvalue weighted by atomic mass is 32.2. The number of amides is 2. The SMILES string of the molecule is Cc1ccc([C@@H]2c3sc(=O)[nH]c3S[C@H]3C(=O)NC(=O)[C@@H]23)cc1. The first-order valence-corrected chi connectivity index (χ1v) is 8.55. The fourth-order valence-electron chi connectivity index (χ4n) is 3.07. The summed E-state index contributed by atoms with van der Waals surface area (Å²) in [6.07, 6.45) is 0. The summed E-state index contributed by atoms with van der Waals surface area (Å²) in [4.78, 5) is 39.5. The fourth-order valence-corrected chi connectivity index (χ4v) is 5.55. The van der Waals surface area contributed by atoms with E-state index in [1.165, 1.54) is 11.8 Å². The Hall–Kier alpha value is -1.86. The van der Waals surface area contributed by atoms with Crippen molar-refractivity contribution in [2.24, 2.45) is 5.92 Å². The minimum Gasteiger partial charge on any atom is -0.307 e. The zero-order valence-corrected chi connectivity index (χ0v) is 13.2. The number of hydrogen-bond acceptors (Lipinski definition) is 5. The van der Waals surface area contributed by atoms with Crippen LogP contribution in [0.15, 0.2) is 34.1 Å². The van der Waals surface area contributed by atoms with Crippen molar-refractivity contribution in [2.75, 3.05) is 0 Å². The molecule has 2 aliphatic heterocycles. The highest BCUT2D eigenvalue weighted by Gasteiger charge is 2.52. The van der Waals surface area contributed by atoms with Crippen LogP contribution in [0.25, 0.3) is 0 Å². The van der Waals surface area contributed by atoms with Crippen LogP contribution in [0.1, 0.15) is 21.9 Å². The fraction of sp³-hybridized carbons (Fsp3) is 0.267. The lowest BCUT2D eigenvalue weighted by molar-refractivity contribution is -0.125. The Kier molecular flexibility index (Phi) is 3.02. The predicted octanol–water partition coefficient (Wildman–Crippen LogP) is 1.62. The van der Waals surface area contributed by atoms with E-state index in [-0.39, 0.29) is 22.6 Å². The van der Waals surface area contributed by atoms with Gasteiger partial charge in [0.2, 0.25) is 11.8 Å². The van der Waals surface area contributed by atoms with Gasteiger partial charge in [-0.3, -0.25) is 19.7 Å². The molecule has 112 valence electrons. The zero-order chi connectivity index (χ0) is 15.4. The average molecular weight is 332 g/mol. The van der Waals surface area contributed by atoms with E-state index in [0.717, 1.165) is 27.3 Å². The van der Waals surface area contributed by atoms with E-state index in [2.05, 4.69) is 10.3 Å². The maximum absolute atomic E-state index is 12.3. The number of aromatic nitrogens is 1. The van der Waals surface area contributed by atoms with Crippen molar-refractivity contribution in [2.45, 2.75) is 23.1 Å². The number of aryl methyl sites for hydroxylation is 1. The van der Waals surface area contributed by atoms with Gasteiger partial charge in [0.25, 0.3) is 0 Å². The monoisotopic (exact) mass is 332 g/mol. The van der Waals surface area contributed by atoms with Crippen molar-refractivity contribution in [3.05, 3.63) is 49.9 Å². The number of thiazole rings is 1. The minimum absolute atomic E-state index is 0.151. The van der Waals surface area contributed by atoms with Gasteiger partial charge in [0.15, 0.2) is 0 Å². The molecule has 2 aliphatic rings. The molecule has 2 amide bonds. The molecule has 1 fully saturated rings. The van der Waals surface area contributed by atoms with Crippen molar-refractivity contribution < 1.29 is 9.59 Å². The molecule has 0 aliphatic carbocycles. The number of rotatable bonds is 1. The molecule has 3 heterocycles. The van der Waals surface area contributed by atoms with Crippen LogP contribution in [0, 0.1) is 12.8 Å². The van der Waals surface area contributed by atoms with Crippen LogP contribution in [0.5, 0.6) is 0 Å². The summed E-state index contributed by atoms with van der Waals surface area (Å²) in [5, 5.41) is 2.66. The largest absolute Gasteiger partial charge is 0.307 e. The summed E-state index contributed by atoms with van der Waals surface area (Å²) < 4.78 is 0. The summed E-state index contributed by atoms with van der Waals surface area (Å²) in [6.45, 7) is 2.00. The van der Waals surface area contributed by atoms with Crippen LogP contribution in [0.4, 0.5) is 0 Å². The number of hydrogen-bond donors (Lipinski definition) is 2. The summed E-state index contributed by atoms with van der Waals surface area (Å²) in [5.74, 6) is -1.23. The molecule has 1 saturated heterocycles. The molecule has 5 nitrogen and oxygen atoms in total. The van der Waals surface area contributed by atoms with Crippen LogP contribution in [0.3, 0.4) is 0 Å². The topological polar surface area (TPSA) is 79.0 Å². The summed E-state index contributed by atoms with van der Waals surface area (Å²) in [5.41, 5.74) is 2.09. The molecule has 0 spiro atoms. The number of imide groups is 1. The first-order valence-electron chi connectivity index (χ1n) is 6.85. The molecule has 4 rings (SSSR count). The first kappa shape index (κ1) is 13.8. The molecule has 0 unspecified atom stereocenters. The Morgan fingerprint density at radius 2 is 1.77 bits per heavy atom. The number of thioether (sulfide) groups is 1. The molecule has 0 radical (unpaired) electrons. The highest BCUT2D eigenvalue weighted by Crippen LogP contribution is 2.50. The van der Waals surface area contributed by atoms with E-state index >= 15 is 0 Å². The third-order valence-corrected chi connectivity index (χ3v) is 6.51. The molecule has 22 heavy (non-hydrogen) atoms. The molecular weight excluding hydrogens is 320 g/mol. The standard InChI is InChI=1S/C15H12N2O3S2/c1-6-2-4-7(5-3-6)8-9-10(13(19)16-12(9)18)21-14-11(8)22-15(20)17-14/h2-5,8-10H,1H3,(H,17,20)(H,16,18,19)/t8-,9-,10+/m0/s1. The molecule has 2 aromatic rings. The third kappa shape index (κ3) is 1.96. The smallest absolute Gasteiger partial charge is 0.305 e. The number of H-pyrrole nitrogens is 1. The molecule has 7 heteroatoms. The average Bonchev–Trinajstić information content (AvgIpc) is 2.98. The number of fused-ring (bicyclic) bond motifs is 2. The van der Waals surface area contributed by atoms with Crippen molar-refractivity contribution in [3.8, 4) is 0 Å². The number of carbonyl (C=O) groups is 2. The normalized spacial score (nSPS) is 26.5. The van der Waals surface area contributed by atoms with Crippen LogP contribution < -0.4 is 10.2 Å². The number of nitrogens with one attached hydrogen (secondary N) is 2. The van der Waals surface area contributed by atoms with E-state index < -0.39 is 11.2 Å². The second-order valence-electron chi connectivity index (χ2n) is 5.51. The highest BCUT2D eigenvalue weighted by molar-refractivity contribution is 8.00. The van der Waals surface area contributed by atoms with Crippen molar-refractivity contribution in [1.29, 1.82) is 0 Å². The van der Waals surface area contributed by atoms with E-state index in [1.54, 1.807) is 0 Å². The number of aromatic amines is 1. The predicted molar refractivity (Wildman–Crippen MR) is 84.2 cm³/mol. The Morgan fingerprint density at radius 3 is 2.50 bits per heavy atom. The van der Waals surface area contributed by atoms with Gasteiger partial charge in [-0.2, -0.15) is 0 Å². The Morgan fingerprint density at radius 1 is 1.05 bits per heavy atom. The maximum atomic E-state index is 12.3. The van der Waals surface area contributed by atoms with Crippen LogP contribution in [-0.2, 0) is 9.59 Å². The quantitative estimate of drug-likeness (QED) is 0.778. The van der Waals surface area contributed by atoms with Gasteiger partial charge in [0.1, 0.15) is 5.25 Å². The summed E-state index contributed by atoms with van der Waals surface area (Å²) in [6, 6.07) is 7.90. The van der Waals surface area contributed by atoms with Gasteiger partial charge in [0, 0.05) is 10.8 Å². The maximum Gasteiger partial charge on any atom is 0.305 e. The van der Waals surface area contributed by atoms with Crippen molar-refractivity contribution >= 4 is 34.9 Å². The molecule has 0 bridgehead atoms. The van der Waals surface area contributed by atoms with Crippen LogP contribution in [-0.4, -0.2) is 22.0 Å². The van der Waals surface area contributed by atoms with Gasteiger partial charge < -0.3 is 4.98 Å². The molecule has 1 aromatic heterocycles. The van der Waals surface area contributed by atoms with Gasteiger partial charge in [-0.15, -0.1) is 0 Å². The molecule has 1 aromatic carbocycles. The van der Waals surface area contributed by atoms with Gasteiger partial charge in [-0.1, -0.05) is 52.9 Å². The Bertz CT molecular complexity index is 837. The van der Waals surface area contributed by atoms with E-state index in [4.69, 9.17) is 0 Å². The molecule has 3 atom stereocenters. The van der Waals surface area contributed by atoms with Gasteiger partial charge >= 0.3 is 4.87 Å². The van der Waals surface area contributed by atoms with Crippen LogP contribution in [0.2, 0.25) is 0 Å². The lowest BCUT2D eigenvalue weighted by atomic mass is 9.83. The van der Waals surface area contributed by atoms with Crippen molar-refractivity contribution in [3.63, 3.8) is 0 Å². The molecule has 0 saturated carbocycles. The van der Waals surface area contributed by atoms with E-state index in [9.17, 15) is 14.4 Å². The zero-order valence-electron chi connectivity index (χ0n) is 11.6. The van der Waals surface area contributed by atoms with Gasteiger partial charge in [-0.25, -0.2) is 0 Å². The number of carbonyl (C=O) groups excluding carboxylic acids is 2.